The molecule has 0 aliphatic carbocycles. The van der Waals surface area contributed by atoms with Gasteiger partial charge in [0.1, 0.15) is 0 Å². The van der Waals surface area contributed by atoms with Gasteiger partial charge in [0, 0.05) is 12.8 Å². The summed E-state index contributed by atoms with van der Waals surface area (Å²) >= 11 is 0. The van der Waals surface area contributed by atoms with Crippen molar-refractivity contribution in [1.82, 2.24) is 5.32 Å². The number of nitrogens with one attached hydrogen (secondary N) is 1. The minimum Gasteiger partial charge on any atom is -0.466 e. The van der Waals surface area contributed by atoms with Gasteiger partial charge in [-0.3, -0.25) is 9.59 Å². The van der Waals surface area contributed by atoms with Crippen molar-refractivity contribution in [2.45, 2.75) is 424 Å². The van der Waals surface area contributed by atoms with E-state index in [2.05, 4.69) is 31.3 Å². The first-order valence-electron chi connectivity index (χ1n) is 35.9. The van der Waals surface area contributed by atoms with Crippen LogP contribution in [0.3, 0.4) is 0 Å². The van der Waals surface area contributed by atoms with Crippen molar-refractivity contribution in [2.24, 2.45) is 0 Å². The Labute approximate surface area is 489 Å². The summed E-state index contributed by atoms with van der Waals surface area (Å²) in [6.45, 7) is 4.97. The molecular formula is C72H141NO5. The van der Waals surface area contributed by atoms with Gasteiger partial charge in [0.05, 0.1) is 25.4 Å². The second-order valence-electron chi connectivity index (χ2n) is 24.9. The number of ether oxygens (including phenoxy) is 1. The van der Waals surface area contributed by atoms with Gasteiger partial charge in [-0.05, 0) is 51.4 Å². The van der Waals surface area contributed by atoms with E-state index in [1.54, 1.807) is 0 Å². The van der Waals surface area contributed by atoms with Crippen LogP contribution in [-0.4, -0.2) is 47.4 Å². The summed E-state index contributed by atoms with van der Waals surface area (Å²) in [6.07, 6.45) is 84.3. The van der Waals surface area contributed by atoms with Gasteiger partial charge in [-0.1, -0.05) is 360 Å². The lowest BCUT2D eigenvalue weighted by molar-refractivity contribution is -0.143. The van der Waals surface area contributed by atoms with Gasteiger partial charge in [0.25, 0.3) is 0 Å². The molecule has 464 valence electrons. The summed E-state index contributed by atoms with van der Waals surface area (Å²) in [5, 5.41) is 23.3. The summed E-state index contributed by atoms with van der Waals surface area (Å²) in [5.41, 5.74) is 0. The van der Waals surface area contributed by atoms with E-state index in [-0.39, 0.29) is 18.5 Å². The number of hydrogen-bond donors (Lipinski definition) is 3. The van der Waals surface area contributed by atoms with E-state index in [9.17, 15) is 19.8 Å². The molecule has 0 heterocycles. The van der Waals surface area contributed by atoms with E-state index in [1.165, 1.54) is 334 Å². The lowest BCUT2D eigenvalue weighted by atomic mass is 10.0. The van der Waals surface area contributed by atoms with Gasteiger partial charge in [-0.2, -0.15) is 0 Å². The molecule has 0 saturated carbocycles. The first-order chi connectivity index (χ1) is 38.5. The third kappa shape index (κ3) is 63.8. The summed E-state index contributed by atoms with van der Waals surface area (Å²) < 4.78 is 5.48. The zero-order valence-electron chi connectivity index (χ0n) is 53.2. The van der Waals surface area contributed by atoms with E-state index >= 15 is 0 Å². The van der Waals surface area contributed by atoms with Crippen LogP contribution >= 0.6 is 0 Å². The maximum absolute atomic E-state index is 12.5. The van der Waals surface area contributed by atoms with Crippen LogP contribution in [0, 0.1) is 0 Å². The van der Waals surface area contributed by atoms with Crippen molar-refractivity contribution >= 4 is 11.9 Å². The summed E-state index contributed by atoms with van der Waals surface area (Å²) in [7, 11) is 0. The van der Waals surface area contributed by atoms with Crippen molar-refractivity contribution < 1.29 is 24.5 Å². The number of carbonyl (C=O) groups excluding carboxylic acids is 2. The Morgan fingerprint density at radius 2 is 0.603 bits per heavy atom. The molecule has 0 aliphatic rings. The molecule has 0 aromatic heterocycles. The fourth-order valence-electron chi connectivity index (χ4n) is 11.6. The number of aliphatic hydroxyl groups excluding tert-OH is 2. The van der Waals surface area contributed by atoms with Gasteiger partial charge < -0.3 is 20.3 Å². The molecule has 0 fully saturated rings. The molecule has 0 aliphatic heterocycles. The molecule has 0 rings (SSSR count). The summed E-state index contributed by atoms with van der Waals surface area (Å²) in [4.78, 5) is 24.5. The Bertz CT molecular complexity index is 1180. The van der Waals surface area contributed by atoms with Crippen LogP contribution < -0.4 is 5.32 Å². The molecule has 0 saturated heterocycles. The highest BCUT2D eigenvalue weighted by molar-refractivity contribution is 5.76. The van der Waals surface area contributed by atoms with Gasteiger partial charge in [-0.25, -0.2) is 0 Å². The molecular weight excluding hydrogens is 959 g/mol. The second kappa shape index (κ2) is 68.1. The average molecular weight is 1100 g/mol. The number of carbonyl (C=O) groups is 2. The molecule has 0 aromatic carbocycles. The molecule has 0 spiro atoms. The van der Waals surface area contributed by atoms with E-state index < -0.39 is 12.1 Å². The number of allylic oxidation sites excluding steroid dienone is 2. The maximum Gasteiger partial charge on any atom is 0.305 e. The summed E-state index contributed by atoms with van der Waals surface area (Å²) in [6, 6.07) is -0.536. The molecule has 6 nitrogen and oxygen atoms in total. The van der Waals surface area contributed by atoms with Gasteiger partial charge >= 0.3 is 5.97 Å². The standard InChI is InChI=1S/C72H141NO5/c1-3-5-7-9-11-13-15-40-44-48-52-56-60-64-70(75)69(68-74)73-71(76)65-61-57-53-49-45-42-38-36-34-32-30-28-26-24-22-20-18-17-19-21-23-25-27-29-31-33-35-37-39-43-47-51-55-59-63-67-78-72(77)66-62-58-54-50-46-41-16-14-12-10-8-6-4-2/h14,16,69-70,74-75H,3-13,15,17-68H2,1-2H3,(H,73,76)/b16-14-. The number of amides is 1. The first-order valence-corrected chi connectivity index (χ1v) is 35.9. The van der Waals surface area contributed by atoms with Crippen LogP contribution in [0.1, 0.15) is 412 Å². The minimum atomic E-state index is -0.659. The minimum absolute atomic E-state index is 0.0140. The average Bonchev–Trinajstić information content (AvgIpc) is 3.44. The molecule has 0 aromatic rings. The normalized spacial score (nSPS) is 12.5. The van der Waals surface area contributed by atoms with Crippen LogP contribution in [0.5, 0.6) is 0 Å². The number of esters is 1. The second-order valence-corrected chi connectivity index (χ2v) is 24.9. The maximum atomic E-state index is 12.5. The molecule has 6 heteroatoms. The summed E-state index contributed by atoms with van der Waals surface area (Å²) in [5.74, 6) is -0.0131. The Kier molecular flexibility index (Phi) is 66.9. The number of unbranched alkanes of at least 4 members (excludes halogenated alkanes) is 55. The van der Waals surface area contributed by atoms with Gasteiger partial charge in [0.15, 0.2) is 0 Å². The Morgan fingerprint density at radius 1 is 0.346 bits per heavy atom. The van der Waals surface area contributed by atoms with Gasteiger partial charge in [0.2, 0.25) is 5.91 Å². The van der Waals surface area contributed by atoms with E-state index in [1.807, 2.05) is 0 Å². The quantitative estimate of drug-likeness (QED) is 0.0320. The topological polar surface area (TPSA) is 95.9 Å². The predicted molar refractivity (Wildman–Crippen MR) is 343 cm³/mol. The van der Waals surface area contributed by atoms with Crippen molar-refractivity contribution in [1.29, 1.82) is 0 Å². The molecule has 0 bridgehead atoms. The van der Waals surface area contributed by atoms with Crippen LogP contribution in [0.15, 0.2) is 12.2 Å². The number of aliphatic hydroxyl groups is 2. The van der Waals surface area contributed by atoms with E-state index in [0.717, 1.165) is 44.9 Å². The highest BCUT2D eigenvalue weighted by Gasteiger charge is 2.20. The molecule has 2 unspecified atom stereocenters. The van der Waals surface area contributed by atoms with E-state index in [0.29, 0.717) is 25.9 Å². The monoisotopic (exact) mass is 1100 g/mol. The molecule has 3 N–H and O–H groups in total. The van der Waals surface area contributed by atoms with Gasteiger partial charge in [-0.15, -0.1) is 0 Å². The zero-order valence-corrected chi connectivity index (χ0v) is 53.2. The van der Waals surface area contributed by atoms with Crippen molar-refractivity contribution in [3.05, 3.63) is 12.2 Å². The third-order valence-corrected chi connectivity index (χ3v) is 17.1. The smallest absolute Gasteiger partial charge is 0.305 e. The highest BCUT2D eigenvalue weighted by Crippen LogP contribution is 2.19. The number of rotatable bonds is 68. The number of hydrogen-bond acceptors (Lipinski definition) is 5. The fourth-order valence-corrected chi connectivity index (χ4v) is 11.6. The van der Waals surface area contributed by atoms with Crippen molar-refractivity contribution in [2.75, 3.05) is 13.2 Å². The zero-order chi connectivity index (χ0) is 56.4. The van der Waals surface area contributed by atoms with Crippen LogP contribution in [0.4, 0.5) is 0 Å². The Balaban J connectivity index is 3.29. The van der Waals surface area contributed by atoms with Crippen LogP contribution in [-0.2, 0) is 14.3 Å². The fraction of sp³-hybridized carbons (Fsp3) is 0.944. The predicted octanol–water partition coefficient (Wildman–Crippen LogP) is 23.1. The molecule has 1 amide bonds. The molecule has 0 radical (unpaired) electrons. The van der Waals surface area contributed by atoms with Crippen LogP contribution in [0.25, 0.3) is 0 Å². The van der Waals surface area contributed by atoms with Crippen molar-refractivity contribution in [3.63, 3.8) is 0 Å². The van der Waals surface area contributed by atoms with Crippen LogP contribution in [0.2, 0.25) is 0 Å². The van der Waals surface area contributed by atoms with Crippen molar-refractivity contribution in [3.8, 4) is 0 Å². The molecule has 78 heavy (non-hydrogen) atoms. The third-order valence-electron chi connectivity index (χ3n) is 17.1. The first kappa shape index (κ1) is 76.6. The Hall–Kier alpha value is -1.40. The Morgan fingerprint density at radius 3 is 0.923 bits per heavy atom. The lowest BCUT2D eigenvalue weighted by Gasteiger charge is -2.22. The SMILES string of the molecule is CCCCCC/C=C\CCCCCCCC(=O)OCCCCCCCCCCCCCCCCCCCCCCCCCCCCCCCCCCCCCC(=O)NC(CO)C(O)CCCCCCCCCCCCCCC. The van der Waals surface area contributed by atoms with E-state index in [4.69, 9.17) is 4.74 Å². The highest BCUT2D eigenvalue weighted by atomic mass is 16.5. The lowest BCUT2D eigenvalue weighted by Crippen LogP contribution is -2.45. The largest absolute Gasteiger partial charge is 0.466 e. The molecule has 2 atom stereocenters.